The molecule has 0 atom stereocenters. The molecule has 2 N–H and O–H groups in total. The van der Waals surface area contributed by atoms with Gasteiger partial charge in [-0.15, -0.1) is 11.3 Å². The van der Waals surface area contributed by atoms with Crippen LogP contribution in [0.15, 0.2) is 59.5 Å². The molecule has 37 heavy (non-hydrogen) atoms. The number of sulfonamides is 1. The van der Waals surface area contributed by atoms with Gasteiger partial charge in [-0.1, -0.05) is 30.3 Å². The van der Waals surface area contributed by atoms with Gasteiger partial charge >= 0.3 is 11.9 Å². The predicted octanol–water partition coefficient (Wildman–Crippen LogP) is 3.67. The third-order valence-electron chi connectivity index (χ3n) is 6.14. The molecule has 4 rings (SSSR count). The molecule has 0 bridgehead atoms. The van der Waals surface area contributed by atoms with E-state index in [4.69, 9.17) is 14.6 Å². The SMILES string of the molecule is COC(=O)c1sc(-c2cccc(NC3CCN(S(=O)(=O)c4ccccc4)CC3)c2)c(C)c1OC(=O)CO. The van der Waals surface area contributed by atoms with Crippen LogP contribution >= 0.6 is 11.3 Å². The quantitative estimate of drug-likeness (QED) is 0.412. The third kappa shape index (κ3) is 5.85. The maximum atomic E-state index is 12.9. The first kappa shape index (κ1) is 26.8. The second-order valence-corrected chi connectivity index (χ2v) is 11.5. The Morgan fingerprint density at radius 3 is 2.46 bits per heavy atom. The summed E-state index contributed by atoms with van der Waals surface area (Å²) in [6.07, 6.45) is 1.31. The summed E-state index contributed by atoms with van der Waals surface area (Å²) in [5, 5.41) is 12.6. The summed E-state index contributed by atoms with van der Waals surface area (Å²) in [6, 6.07) is 16.2. The molecule has 1 fully saturated rings. The molecule has 0 spiro atoms. The zero-order valence-corrected chi connectivity index (χ0v) is 22.1. The first-order valence-electron chi connectivity index (χ1n) is 11.7. The lowest BCUT2D eigenvalue weighted by molar-refractivity contribution is -0.137. The number of anilines is 1. The Bertz CT molecular complexity index is 1380. The van der Waals surface area contributed by atoms with Crippen molar-refractivity contribution in [1.29, 1.82) is 0 Å². The van der Waals surface area contributed by atoms with E-state index in [0.717, 1.165) is 27.5 Å². The number of thiophene rings is 1. The van der Waals surface area contributed by atoms with E-state index in [1.807, 2.05) is 24.3 Å². The fraction of sp³-hybridized carbons (Fsp3) is 0.308. The van der Waals surface area contributed by atoms with Crippen molar-refractivity contribution >= 4 is 39.0 Å². The monoisotopic (exact) mass is 544 g/mol. The second kappa shape index (κ2) is 11.4. The third-order valence-corrected chi connectivity index (χ3v) is 9.35. The number of piperidine rings is 1. The number of methoxy groups -OCH3 is 1. The normalized spacial score (nSPS) is 14.8. The molecule has 0 saturated carbocycles. The maximum Gasteiger partial charge on any atom is 0.351 e. The molecule has 1 saturated heterocycles. The van der Waals surface area contributed by atoms with Crippen LogP contribution in [0.25, 0.3) is 10.4 Å². The lowest BCUT2D eigenvalue weighted by Crippen LogP contribution is -2.42. The molecular formula is C26H28N2O7S2. The predicted molar refractivity (Wildman–Crippen MR) is 140 cm³/mol. The topological polar surface area (TPSA) is 122 Å². The number of aliphatic hydroxyl groups excluding tert-OH is 1. The van der Waals surface area contributed by atoms with Crippen molar-refractivity contribution in [1.82, 2.24) is 4.31 Å². The molecule has 2 aromatic carbocycles. The van der Waals surface area contributed by atoms with Gasteiger partial charge in [-0.05, 0) is 49.6 Å². The van der Waals surface area contributed by atoms with Crippen LogP contribution in [-0.4, -0.2) is 62.6 Å². The zero-order chi connectivity index (χ0) is 26.6. The number of nitrogens with zero attached hydrogens (tertiary/aromatic N) is 1. The smallest absolute Gasteiger partial charge is 0.351 e. The van der Waals surface area contributed by atoms with Crippen LogP contribution in [0.5, 0.6) is 5.75 Å². The van der Waals surface area contributed by atoms with Gasteiger partial charge in [0.05, 0.1) is 12.0 Å². The van der Waals surface area contributed by atoms with Crippen molar-refractivity contribution in [3.8, 4) is 16.2 Å². The standard InChI is InChI=1S/C26H28N2O7S2/c1-17-23(35-22(30)16-29)25(26(31)34-2)36-24(17)18-7-6-8-20(15-18)27-19-11-13-28(14-12-19)37(32,33)21-9-4-3-5-10-21/h3-10,15,19,27,29H,11-14,16H2,1-2H3. The maximum absolute atomic E-state index is 12.9. The highest BCUT2D eigenvalue weighted by atomic mass is 32.2. The highest BCUT2D eigenvalue weighted by Gasteiger charge is 2.29. The van der Waals surface area contributed by atoms with Crippen molar-refractivity contribution in [3.05, 3.63) is 65.0 Å². The van der Waals surface area contributed by atoms with Gasteiger partial charge in [0.1, 0.15) is 6.61 Å². The van der Waals surface area contributed by atoms with Crippen LogP contribution in [-0.2, 0) is 19.6 Å². The molecule has 0 radical (unpaired) electrons. The first-order chi connectivity index (χ1) is 17.7. The van der Waals surface area contributed by atoms with Crippen LogP contribution < -0.4 is 10.1 Å². The Hall–Kier alpha value is -3.25. The Balaban J connectivity index is 1.49. The number of hydrogen-bond donors (Lipinski definition) is 2. The Morgan fingerprint density at radius 1 is 1.11 bits per heavy atom. The van der Waals surface area contributed by atoms with E-state index in [1.54, 1.807) is 37.3 Å². The van der Waals surface area contributed by atoms with Gasteiger partial charge in [-0.3, -0.25) is 0 Å². The van der Waals surface area contributed by atoms with E-state index < -0.39 is 28.6 Å². The van der Waals surface area contributed by atoms with Gasteiger partial charge in [0.2, 0.25) is 10.0 Å². The molecule has 9 nitrogen and oxygen atoms in total. The number of hydrogen-bond acceptors (Lipinski definition) is 9. The first-order valence-corrected chi connectivity index (χ1v) is 14.0. The summed E-state index contributed by atoms with van der Waals surface area (Å²) in [7, 11) is -2.26. The van der Waals surface area contributed by atoms with Crippen molar-refractivity contribution in [2.24, 2.45) is 0 Å². The Kier molecular flexibility index (Phi) is 8.28. The zero-order valence-electron chi connectivity index (χ0n) is 20.5. The number of nitrogens with one attached hydrogen (secondary N) is 1. The van der Waals surface area contributed by atoms with E-state index in [9.17, 15) is 18.0 Å². The fourth-order valence-corrected chi connectivity index (χ4v) is 6.88. The van der Waals surface area contributed by atoms with Gasteiger partial charge in [0.15, 0.2) is 10.6 Å². The summed E-state index contributed by atoms with van der Waals surface area (Å²) < 4.78 is 37.4. The largest absolute Gasteiger partial charge is 0.465 e. The molecule has 0 unspecified atom stereocenters. The lowest BCUT2D eigenvalue weighted by atomic mass is 10.0. The van der Waals surface area contributed by atoms with Crippen LogP contribution in [0.1, 0.15) is 28.1 Å². The molecule has 0 aliphatic carbocycles. The fourth-order valence-electron chi connectivity index (χ4n) is 4.24. The lowest BCUT2D eigenvalue weighted by Gasteiger charge is -2.32. The molecule has 11 heteroatoms. The highest BCUT2D eigenvalue weighted by Crippen LogP contribution is 2.42. The number of benzene rings is 2. The van der Waals surface area contributed by atoms with Gasteiger partial charge in [-0.2, -0.15) is 4.31 Å². The average Bonchev–Trinajstić information content (AvgIpc) is 3.24. The van der Waals surface area contributed by atoms with Gasteiger partial charge < -0.3 is 19.9 Å². The Labute approximate surface area is 219 Å². The minimum atomic E-state index is -3.51. The minimum Gasteiger partial charge on any atom is -0.465 e. The molecule has 2 heterocycles. The number of rotatable bonds is 8. The summed E-state index contributed by atoms with van der Waals surface area (Å²) >= 11 is 1.15. The Morgan fingerprint density at radius 2 is 1.81 bits per heavy atom. The number of carbonyl (C=O) groups excluding carboxylic acids is 2. The van der Waals surface area contributed by atoms with Crippen molar-refractivity contribution in [2.75, 3.05) is 32.1 Å². The minimum absolute atomic E-state index is 0.0799. The van der Waals surface area contributed by atoms with E-state index in [0.29, 0.717) is 36.4 Å². The molecular weight excluding hydrogens is 516 g/mol. The average molecular weight is 545 g/mol. The summed E-state index contributed by atoms with van der Waals surface area (Å²) in [6.45, 7) is 1.76. The van der Waals surface area contributed by atoms with Crippen molar-refractivity contribution < 1.29 is 32.6 Å². The van der Waals surface area contributed by atoms with E-state index >= 15 is 0 Å². The number of aliphatic hydroxyl groups is 1. The molecule has 1 aromatic heterocycles. The summed E-state index contributed by atoms with van der Waals surface area (Å²) in [4.78, 5) is 25.2. The number of carbonyl (C=O) groups is 2. The molecule has 196 valence electrons. The van der Waals surface area contributed by atoms with Crippen molar-refractivity contribution in [3.63, 3.8) is 0 Å². The number of ether oxygens (including phenoxy) is 2. The van der Waals surface area contributed by atoms with E-state index in [2.05, 4.69) is 5.32 Å². The summed E-state index contributed by atoms with van der Waals surface area (Å²) in [5.74, 6) is -1.42. The number of esters is 2. The summed E-state index contributed by atoms with van der Waals surface area (Å²) in [5.41, 5.74) is 2.25. The van der Waals surface area contributed by atoms with E-state index in [-0.39, 0.29) is 16.7 Å². The molecule has 1 aliphatic rings. The van der Waals surface area contributed by atoms with Gasteiger partial charge in [-0.25, -0.2) is 18.0 Å². The van der Waals surface area contributed by atoms with Crippen LogP contribution in [0.2, 0.25) is 0 Å². The van der Waals surface area contributed by atoms with Gasteiger partial charge in [0, 0.05) is 35.3 Å². The highest BCUT2D eigenvalue weighted by molar-refractivity contribution is 7.89. The van der Waals surface area contributed by atoms with E-state index in [1.165, 1.54) is 11.4 Å². The molecule has 3 aromatic rings. The second-order valence-electron chi connectivity index (χ2n) is 8.55. The van der Waals surface area contributed by atoms with Crippen LogP contribution in [0.3, 0.4) is 0 Å². The van der Waals surface area contributed by atoms with Gasteiger partial charge in [0.25, 0.3) is 0 Å². The van der Waals surface area contributed by atoms with Crippen LogP contribution in [0.4, 0.5) is 5.69 Å². The van der Waals surface area contributed by atoms with Crippen molar-refractivity contribution in [2.45, 2.75) is 30.7 Å². The van der Waals surface area contributed by atoms with Crippen LogP contribution in [0, 0.1) is 6.92 Å². The molecule has 1 aliphatic heterocycles. The molecule has 0 amide bonds.